The number of ether oxygens (including phenoxy) is 1. The Hall–Kier alpha value is -3.52. The van der Waals surface area contributed by atoms with E-state index in [0.29, 0.717) is 0 Å². The average molecular weight is 492 g/mol. The van der Waals surface area contributed by atoms with Gasteiger partial charge in [-0.1, -0.05) is 54.1 Å². The number of amides is 3. The molecule has 5 atom stereocenters. The van der Waals surface area contributed by atoms with Crippen LogP contribution in [0.3, 0.4) is 0 Å². The van der Waals surface area contributed by atoms with E-state index in [4.69, 9.17) is 4.74 Å². The van der Waals surface area contributed by atoms with Crippen molar-refractivity contribution in [2.24, 2.45) is 11.8 Å². The Labute approximate surface area is 209 Å². The van der Waals surface area contributed by atoms with Gasteiger partial charge < -0.3 is 20.3 Å². The molecule has 3 aliphatic heterocycles. The first-order chi connectivity index (χ1) is 17.0. The van der Waals surface area contributed by atoms with Gasteiger partial charge in [0.15, 0.2) is 0 Å². The Kier molecular flexibility index (Phi) is 5.75. The number of nitrogens with one attached hydrogen (secondary N) is 2. The van der Waals surface area contributed by atoms with Crippen LogP contribution in [-0.2, 0) is 25.7 Å². The van der Waals surface area contributed by atoms with Crippen LogP contribution in [0.15, 0.2) is 60.7 Å². The Morgan fingerprint density at radius 2 is 1.78 bits per heavy atom. The molecule has 2 bridgehead atoms. The maximum absolute atomic E-state index is 14.2. The van der Waals surface area contributed by atoms with Gasteiger partial charge in [-0.3, -0.25) is 14.4 Å². The van der Waals surface area contributed by atoms with Crippen LogP contribution >= 0.6 is 0 Å². The zero-order valence-corrected chi connectivity index (χ0v) is 20.7. The summed E-state index contributed by atoms with van der Waals surface area (Å²) in [6.45, 7) is 7.78. The average Bonchev–Trinajstić information content (AvgIpc) is 3.43. The van der Waals surface area contributed by atoms with Gasteiger partial charge >= 0.3 is 0 Å². The quantitative estimate of drug-likeness (QED) is 0.628. The summed E-state index contributed by atoms with van der Waals surface area (Å²) >= 11 is 0. The standard InChI is InChI=1S/C28H30FN3O4/c1-16-9-11-17(12-10-16)15-32-23(25(34)31-27(2,3)4)28-14-13-20(36-28)21(22(28)26(32)35)24(33)30-19-8-6-5-7-18(19)29/h5-14,20-23H,15H2,1-4H3,(H,30,33)(H,31,34)/t20-,21+,22-,23-,28+/m1/s1. The summed E-state index contributed by atoms with van der Waals surface area (Å²) in [5, 5.41) is 5.61. The molecule has 3 heterocycles. The number of fused-ring (bicyclic) bond motifs is 1. The van der Waals surface area contributed by atoms with Gasteiger partial charge in [0.1, 0.15) is 17.5 Å². The minimum Gasteiger partial charge on any atom is -0.359 e. The number of hydrogen-bond acceptors (Lipinski definition) is 4. The molecule has 2 aromatic carbocycles. The number of rotatable bonds is 5. The van der Waals surface area contributed by atoms with Crippen LogP contribution < -0.4 is 10.6 Å². The van der Waals surface area contributed by atoms with Crippen molar-refractivity contribution in [1.82, 2.24) is 10.2 Å². The molecule has 2 N–H and O–H groups in total. The van der Waals surface area contributed by atoms with Crippen molar-refractivity contribution in [2.45, 2.75) is 57.5 Å². The number of benzene rings is 2. The van der Waals surface area contributed by atoms with Crippen LogP contribution in [0.2, 0.25) is 0 Å². The van der Waals surface area contributed by atoms with Crippen LogP contribution in [0.1, 0.15) is 31.9 Å². The third-order valence-electron chi connectivity index (χ3n) is 7.03. The molecule has 2 fully saturated rings. The van der Waals surface area contributed by atoms with E-state index >= 15 is 0 Å². The lowest BCUT2D eigenvalue weighted by Crippen LogP contribution is -2.57. The molecule has 36 heavy (non-hydrogen) atoms. The summed E-state index contributed by atoms with van der Waals surface area (Å²) in [6, 6.07) is 12.7. The van der Waals surface area contributed by atoms with Crippen LogP contribution in [0.5, 0.6) is 0 Å². The Morgan fingerprint density at radius 3 is 2.44 bits per heavy atom. The van der Waals surface area contributed by atoms with Crippen molar-refractivity contribution < 1.29 is 23.5 Å². The number of nitrogens with zero attached hydrogens (tertiary/aromatic N) is 1. The number of carbonyl (C=O) groups is 3. The molecule has 3 aliphatic rings. The third-order valence-corrected chi connectivity index (χ3v) is 7.03. The third kappa shape index (κ3) is 3.99. The fourth-order valence-corrected chi connectivity index (χ4v) is 5.54. The smallest absolute Gasteiger partial charge is 0.246 e. The van der Waals surface area contributed by atoms with Crippen LogP contribution in [-0.4, -0.2) is 45.9 Å². The largest absolute Gasteiger partial charge is 0.359 e. The van der Waals surface area contributed by atoms with E-state index in [9.17, 15) is 18.8 Å². The van der Waals surface area contributed by atoms with E-state index in [0.717, 1.165) is 11.1 Å². The summed E-state index contributed by atoms with van der Waals surface area (Å²) in [5.41, 5.74) is 0.168. The second kappa shape index (κ2) is 8.55. The van der Waals surface area contributed by atoms with Crippen molar-refractivity contribution in [3.05, 3.63) is 77.6 Å². The summed E-state index contributed by atoms with van der Waals surface area (Å²) in [5.74, 6) is -3.55. The van der Waals surface area contributed by atoms with E-state index in [1.165, 1.54) is 23.1 Å². The second-order valence-electron chi connectivity index (χ2n) is 10.9. The lowest BCUT2D eigenvalue weighted by molar-refractivity contribution is -0.142. The monoisotopic (exact) mass is 491 g/mol. The zero-order valence-electron chi connectivity index (χ0n) is 20.7. The molecule has 2 aromatic rings. The van der Waals surface area contributed by atoms with Crippen LogP contribution in [0.4, 0.5) is 10.1 Å². The van der Waals surface area contributed by atoms with Gasteiger partial charge in [0, 0.05) is 12.1 Å². The van der Waals surface area contributed by atoms with Crippen molar-refractivity contribution >= 4 is 23.4 Å². The first-order valence-corrected chi connectivity index (χ1v) is 12.1. The highest BCUT2D eigenvalue weighted by Gasteiger charge is 2.72. The molecule has 0 aliphatic carbocycles. The van der Waals surface area contributed by atoms with Crippen molar-refractivity contribution in [3.8, 4) is 0 Å². The topological polar surface area (TPSA) is 87.7 Å². The predicted octanol–water partition coefficient (Wildman–Crippen LogP) is 3.34. The highest BCUT2D eigenvalue weighted by Crippen LogP contribution is 2.55. The summed E-state index contributed by atoms with van der Waals surface area (Å²) in [7, 11) is 0. The first-order valence-electron chi connectivity index (χ1n) is 12.1. The number of likely N-dealkylation sites (tertiary alicyclic amines) is 1. The maximum atomic E-state index is 14.2. The van der Waals surface area contributed by atoms with E-state index in [1.807, 2.05) is 52.0 Å². The van der Waals surface area contributed by atoms with Crippen LogP contribution in [0, 0.1) is 24.6 Å². The summed E-state index contributed by atoms with van der Waals surface area (Å²) in [6.07, 6.45) is 2.81. The van der Waals surface area contributed by atoms with E-state index in [-0.39, 0.29) is 24.0 Å². The highest BCUT2D eigenvalue weighted by molar-refractivity contribution is 6.02. The van der Waals surface area contributed by atoms with Gasteiger partial charge in [-0.25, -0.2) is 4.39 Å². The lowest BCUT2D eigenvalue weighted by atomic mass is 9.74. The Balaban J connectivity index is 1.51. The van der Waals surface area contributed by atoms with E-state index < -0.39 is 46.8 Å². The highest BCUT2D eigenvalue weighted by atomic mass is 19.1. The molecule has 0 saturated carbocycles. The SMILES string of the molecule is Cc1ccc(CN2C(=O)[C@H]3[C@@H](C(=O)Nc4ccccc4F)[C@H]4C=C[C@@]3(O4)[C@H]2C(=O)NC(C)(C)C)cc1. The summed E-state index contributed by atoms with van der Waals surface area (Å²) < 4.78 is 20.5. The fraction of sp³-hybridized carbons (Fsp3) is 0.393. The number of para-hydroxylation sites is 1. The molecular weight excluding hydrogens is 461 g/mol. The molecule has 188 valence electrons. The van der Waals surface area contributed by atoms with Gasteiger partial charge in [-0.15, -0.1) is 0 Å². The number of halogens is 1. The van der Waals surface area contributed by atoms with Gasteiger partial charge in [0.25, 0.3) is 0 Å². The van der Waals surface area contributed by atoms with Gasteiger partial charge in [0.2, 0.25) is 17.7 Å². The molecule has 3 amide bonds. The molecule has 2 saturated heterocycles. The van der Waals surface area contributed by atoms with Gasteiger partial charge in [-0.2, -0.15) is 0 Å². The molecule has 0 unspecified atom stereocenters. The van der Waals surface area contributed by atoms with Gasteiger partial charge in [-0.05, 0) is 45.4 Å². The zero-order chi connectivity index (χ0) is 25.8. The molecule has 7 nitrogen and oxygen atoms in total. The first kappa shape index (κ1) is 24.2. The molecular formula is C28H30FN3O4. The van der Waals surface area contributed by atoms with Crippen molar-refractivity contribution in [2.75, 3.05) is 5.32 Å². The van der Waals surface area contributed by atoms with E-state index in [2.05, 4.69) is 10.6 Å². The summed E-state index contributed by atoms with van der Waals surface area (Å²) in [4.78, 5) is 42.5. The number of hydrogen-bond donors (Lipinski definition) is 2. The van der Waals surface area contributed by atoms with E-state index in [1.54, 1.807) is 18.2 Å². The maximum Gasteiger partial charge on any atom is 0.246 e. The predicted molar refractivity (Wildman–Crippen MR) is 132 cm³/mol. The second-order valence-corrected chi connectivity index (χ2v) is 10.9. The number of carbonyl (C=O) groups excluding carboxylic acids is 3. The number of anilines is 1. The fourth-order valence-electron chi connectivity index (χ4n) is 5.54. The molecule has 0 radical (unpaired) electrons. The van der Waals surface area contributed by atoms with Crippen molar-refractivity contribution in [3.63, 3.8) is 0 Å². The van der Waals surface area contributed by atoms with Gasteiger partial charge in [0.05, 0.1) is 23.6 Å². The minimum absolute atomic E-state index is 0.0345. The van der Waals surface area contributed by atoms with Crippen LogP contribution in [0.25, 0.3) is 0 Å². The number of aryl methyl sites for hydroxylation is 1. The molecule has 8 heteroatoms. The molecule has 0 aromatic heterocycles. The Bertz CT molecular complexity index is 1250. The normalized spacial score (nSPS) is 28.4. The minimum atomic E-state index is -1.28. The Morgan fingerprint density at radius 1 is 1.08 bits per heavy atom. The lowest BCUT2D eigenvalue weighted by Gasteiger charge is -2.34. The molecule has 5 rings (SSSR count). The molecule has 1 spiro atoms. The van der Waals surface area contributed by atoms with Crippen molar-refractivity contribution in [1.29, 1.82) is 0 Å².